The molecule has 0 atom stereocenters. The monoisotopic (exact) mass is 506 g/mol. The van der Waals surface area contributed by atoms with E-state index in [1.807, 2.05) is 0 Å². The molecule has 15 heteroatoms. The van der Waals surface area contributed by atoms with Gasteiger partial charge in [0.25, 0.3) is 10.2 Å². The maximum absolute atomic E-state index is 13.6. The first-order valence-corrected chi connectivity index (χ1v) is 11.1. The van der Waals surface area contributed by atoms with E-state index in [4.69, 9.17) is 14.6 Å². The molecule has 2 heterocycles. The van der Waals surface area contributed by atoms with Crippen molar-refractivity contribution in [1.29, 1.82) is 0 Å². The number of nitrogens with two attached hydrogens (primary N) is 1. The predicted molar refractivity (Wildman–Crippen MR) is 104 cm³/mol. The number of rotatable bonds is 8. The highest BCUT2D eigenvalue weighted by atomic mass is 79.9. The summed E-state index contributed by atoms with van der Waals surface area (Å²) in [5, 5.41) is 16.6. The zero-order valence-electron chi connectivity index (χ0n) is 14.3. The molecule has 0 bridgehead atoms. The summed E-state index contributed by atoms with van der Waals surface area (Å²) in [6, 6.07) is 4.05. The van der Waals surface area contributed by atoms with Crippen molar-refractivity contribution < 1.29 is 27.1 Å². The largest absolute Gasteiger partial charge is 0.323 e. The molecule has 0 unspecified atom stereocenters. The standard InChI is InChI=1S/C14H12BrFN6O5S2/c15-9-6-8(2-3-10(9)16)22-11(7-23)26-20-13(22)12-14(21-27-19-12)28-5-1-4-18-29(17,24)25/h2-3,6,18H,1,4-5H2,(H2,17,24,25). The highest BCUT2D eigenvalue weighted by Gasteiger charge is 2.34. The number of hydrogen-bond acceptors (Lipinski definition) is 10. The summed E-state index contributed by atoms with van der Waals surface area (Å²) in [6.45, 7) is 0.143. The van der Waals surface area contributed by atoms with E-state index >= 15 is 0 Å². The minimum absolute atomic E-state index is 0.0910. The molecule has 1 aliphatic rings. The lowest BCUT2D eigenvalue weighted by atomic mass is 10.2. The minimum atomic E-state index is -3.75. The molecule has 154 valence electrons. The first-order valence-electron chi connectivity index (χ1n) is 7.78. The second-order valence-corrected chi connectivity index (χ2v) is 8.72. The van der Waals surface area contributed by atoms with Crippen LogP contribution >= 0.6 is 27.7 Å². The van der Waals surface area contributed by atoms with Crippen LogP contribution in [0.5, 0.6) is 0 Å². The van der Waals surface area contributed by atoms with Crippen LogP contribution < -0.4 is 14.8 Å². The zero-order valence-corrected chi connectivity index (χ0v) is 17.6. The number of thioether (sulfide) groups is 1. The normalized spacial score (nSPS) is 14.0. The third kappa shape index (κ3) is 5.20. The molecule has 0 saturated carbocycles. The van der Waals surface area contributed by atoms with Crippen LogP contribution in [0.2, 0.25) is 0 Å². The zero-order chi connectivity index (χ0) is 21.0. The number of amidine groups is 1. The second kappa shape index (κ2) is 9.02. The molecule has 0 spiro atoms. The molecule has 0 radical (unpaired) electrons. The van der Waals surface area contributed by atoms with Crippen molar-refractivity contribution in [2.75, 3.05) is 17.2 Å². The van der Waals surface area contributed by atoms with Crippen LogP contribution in [-0.2, 0) is 19.8 Å². The van der Waals surface area contributed by atoms with Gasteiger partial charge in [0.2, 0.25) is 5.84 Å². The van der Waals surface area contributed by atoms with Crippen LogP contribution in [0.1, 0.15) is 12.1 Å². The lowest BCUT2D eigenvalue weighted by molar-refractivity contribution is 0.248. The van der Waals surface area contributed by atoms with Gasteiger partial charge in [0.1, 0.15) is 5.82 Å². The van der Waals surface area contributed by atoms with Crippen molar-refractivity contribution in [2.24, 2.45) is 10.3 Å². The maximum atomic E-state index is 13.6. The summed E-state index contributed by atoms with van der Waals surface area (Å²) in [7, 11) is -3.75. The molecule has 1 aliphatic heterocycles. The number of oxime groups is 1. The van der Waals surface area contributed by atoms with Gasteiger partial charge in [-0.1, -0.05) is 5.16 Å². The van der Waals surface area contributed by atoms with E-state index in [1.165, 1.54) is 34.9 Å². The summed E-state index contributed by atoms with van der Waals surface area (Å²) in [4.78, 5) is 17.5. The molecule has 29 heavy (non-hydrogen) atoms. The number of hydrogen-bond donors (Lipinski definition) is 2. The fourth-order valence-electron chi connectivity index (χ4n) is 2.21. The fraction of sp³-hybridized carbons (Fsp3) is 0.214. The van der Waals surface area contributed by atoms with Gasteiger partial charge in [0.15, 0.2) is 16.7 Å². The van der Waals surface area contributed by atoms with Crippen molar-refractivity contribution in [3.05, 3.63) is 40.1 Å². The Bertz CT molecular complexity index is 1100. The van der Waals surface area contributed by atoms with Gasteiger partial charge in [-0.05, 0) is 50.9 Å². The number of nitrogens with one attached hydrogen (secondary N) is 1. The Balaban J connectivity index is 1.78. The Hall–Kier alpha value is -2.29. The van der Waals surface area contributed by atoms with Crippen LogP contribution in [0, 0.1) is 5.82 Å². The first-order chi connectivity index (χ1) is 13.8. The quantitative estimate of drug-likeness (QED) is 0.304. The van der Waals surface area contributed by atoms with Crippen LogP contribution in [-0.4, -0.2) is 42.8 Å². The Morgan fingerprint density at radius 1 is 1.38 bits per heavy atom. The van der Waals surface area contributed by atoms with Crippen LogP contribution in [0.4, 0.5) is 10.1 Å². The van der Waals surface area contributed by atoms with E-state index < -0.39 is 16.0 Å². The van der Waals surface area contributed by atoms with E-state index in [9.17, 15) is 17.6 Å². The molecular weight excluding hydrogens is 495 g/mol. The average Bonchev–Trinajstić information content (AvgIpc) is 3.28. The molecular formula is C14H12BrFN6O5S2. The van der Waals surface area contributed by atoms with Crippen molar-refractivity contribution in [3.8, 4) is 0 Å². The maximum Gasteiger partial charge on any atom is 0.320 e. The number of benzene rings is 1. The van der Waals surface area contributed by atoms with Gasteiger partial charge < -0.3 is 4.84 Å². The molecule has 1 aromatic carbocycles. The minimum Gasteiger partial charge on any atom is -0.323 e. The predicted octanol–water partition coefficient (Wildman–Crippen LogP) is 1.12. The number of anilines is 1. The molecule has 0 fully saturated rings. The van der Waals surface area contributed by atoms with Gasteiger partial charge in [-0.25, -0.2) is 28.6 Å². The molecule has 11 nitrogen and oxygen atoms in total. The van der Waals surface area contributed by atoms with E-state index in [2.05, 4.69) is 36.1 Å². The highest BCUT2D eigenvalue weighted by Crippen LogP contribution is 2.32. The van der Waals surface area contributed by atoms with E-state index in [-0.39, 0.29) is 28.4 Å². The lowest BCUT2D eigenvalue weighted by Gasteiger charge is -2.16. The average molecular weight is 507 g/mol. The SMILES string of the molecule is NS(=O)(=O)NCCCSc1nonc1C1=NOC(=C=O)N1c1ccc(F)c(Br)c1. The van der Waals surface area contributed by atoms with Gasteiger partial charge in [-0.2, -0.15) is 8.42 Å². The van der Waals surface area contributed by atoms with Gasteiger partial charge in [0, 0.05) is 12.3 Å². The Labute approximate surface area is 176 Å². The fourth-order valence-corrected chi connectivity index (χ4v) is 3.84. The van der Waals surface area contributed by atoms with Crippen molar-refractivity contribution >= 4 is 55.4 Å². The van der Waals surface area contributed by atoms with Crippen molar-refractivity contribution in [1.82, 2.24) is 15.0 Å². The molecule has 0 saturated heterocycles. The molecule has 3 N–H and O–H groups in total. The Morgan fingerprint density at radius 3 is 2.86 bits per heavy atom. The summed E-state index contributed by atoms with van der Waals surface area (Å²) in [5.41, 5.74) is 0.546. The lowest BCUT2D eigenvalue weighted by Crippen LogP contribution is -2.31. The third-order valence-corrected chi connectivity index (χ3v) is 5.66. The topological polar surface area (TPSA) is 153 Å². The van der Waals surface area contributed by atoms with Crippen molar-refractivity contribution in [2.45, 2.75) is 11.4 Å². The molecule has 0 aliphatic carbocycles. The molecule has 1 aromatic heterocycles. The first kappa shape index (κ1) is 21.4. The second-order valence-electron chi connectivity index (χ2n) is 5.41. The summed E-state index contributed by atoms with van der Waals surface area (Å²) in [6.07, 6.45) is 0.449. The highest BCUT2D eigenvalue weighted by molar-refractivity contribution is 9.10. The summed E-state index contributed by atoms with van der Waals surface area (Å²) in [5.74, 6) is 1.40. The summed E-state index contributed by atoms with van der Waals surface area (Å²) < 4.78 is 42.4. The summed E-state index contributed by atoms with van der Waals surface area (Å²) >= 11 is 4.30. The van der Waals surface area contributed by atoms with E-state index in [0.717, 1.165) is 0 Å². The number of aromatic nitrogens is 2. The number of halogens is 2. The molecule has 0 amide bonds. The van der Waals surface area contributed by atoms with Crippen LogP contribution in [0.15, 0.2) is 43.4 Å². The molecule has 3 rings (SSSR count). The number of carbonyl (C=O) groups excluding carboxylic acids is 1. The van der Waals surface area contributed by atoms with Gasteiger partial charge in [-0.15, -0.1) is 11.8 Å². The molecule has 2 aromatic rings. The van der Waals surface area contributed by atoms with Crippen LogP contribution in [0.25, 0.3) is 0 Å². The van der Waals surface area contributed by atoms with Gasteiger partial charge >= 0.3 is 5.88 Å². The van der Waals surface area contributed by atoms with Gasteiger partial charge in [-0.3, -0.25) is 0 Å². The van der Waals surface area contributed by atoms with Crippen LogP contribution in [0.3, 0.4) is 0 Å². The van der Waals surface area contributed by atoms with E-state index in [0.29, 0.717) is 22.9 Å². The van der Waals surface area contributed by atoms with Gasteiger partial charge in [0.05, 0.1) is 10.2 Å². The Morgan fingerprint density at radius 2 is 2.17 bits per heavy atom. The Kier molecular flexibility index (Phi) is 6.66. The number of nitrogens with zero attached hydrogens (tertiary/aromatic N) is 4. The smallest absolute Gasteiger partial charge is 0.320 e. The van der Waals surface area contributed by atoms with E-state index in [1.54, 1.807) is 5.94 Å². The third-order valence-electron chi connectivity index (χ3n) is 3.42. The van der Waals surface area contributed by atoms with Crippen molar-refractivity contribution in [3.63, 3.8) is 0 Å².